The summed E-state index contributed by atoms with van der Waals surface area (Å²) in [7, 11) is -4.04. The summed E-state index contributed by atoms with van der Waals surface area (Å²) in [5.74, 6) is -0.156. The molecule has 0 aliphatic carbocycles. The zero-order chi connectivity index (χ0) is 29.1. The molecule has 1 heterocycles. The van der Waals surface area contributed by atoms with Crippen LogP contribution >= 0.6 is 0 Å². The van der Waals surface area contributed by atoms with Crippen molar-refractivity contribution >= 4 is 26.6 Å². The van der Waals surface area contributed by atoms with Crippen LogP contribution < -0.4 is 0 Å². The second-order valence-electron chi connectivity index (χ2n) is 9.98. The van der Waals surface area contributed by atoms with Crippen molar-refractivity contribution in [3.8, 4) is 11.5 Å². The van der Waals surface area contributed by atoms with Crippen molar-refractivity contribution in [2.75, 3.05) is 0 Å². The van der Waals surface area contributed by atoms with Crippen molar-refractivity contribution in [2.24, 2.45) is 0 Å². The van der Waals surface area contributed by atoms with Gasteiger partial charge in [0.05, 0.1) is 10.5 Å². The largest absolute Gasteiger partial charge is 0.454 e. The minimum atomic E-state index is -4.04. The topological polar surface area (TPSA) is 86.5 Å². The van der Waals surface area contributed by atoms with E-state index in [1.807, 2.05) is 79.7 Å². The van der Waals surface area contributed by atoms with E-state index in [2.05, 4.69) is 0 Å². The van der Waals surface area contributed by atoms with E-state index >= 15 is 0 Å². The molecular formula is C35H27NO5S. The standard InChI is InChI=1S/C35H27NO5S/c1-24-16-20-30(21-17-24)42(38,39)33(29-19-18-25-10-8-9-15-28(25)22-29)32-31(23-40-35(37)27-13-6-3-7-14-27)41-34(36-32)26-11-4-2-5-12-26/h2-22,33H,23H2,1H3. The summed E-state index contributed by atoms with van der Waals surface area (Å²) in [6.45, 7) is 1.61. The van der Waals surface area contributed by atoms with E-state index in [1.54, 1.807) is 54.6 Å². The first kappa shape index (κ1) is 27.2. The lowest BCUT2D eigenvalue weighted by molar-refractivity contribution is 0.0445. The van der Waals surface area contributed by atoms with Crippen LogP contribution in [0.15, 0.2) is 137 Å². The Balaban J connectivity index is 1.52. The van der Waals surface area contributed by atoms with Gasteiger partial charge in [0.25, 0.3) is 0 Å². The van der Waals surface area contributed by atoms with E-state index in [4.69, 9.17) is 14.1 Å². The van der Waals surface area contributed by atoms with E-state index < -0.39 is 21.1 Å². The fourth-order valence-electron chi connectivity index (χ4n) is 4.88. The van der Waals surface area contributed by atoms with Crippen molar-refractivity contribution in [3.05, 3.63) is 156 Å². The SMILES string of the molecule is Cc1ccc(S(=O)(=O)C(c2ccc3ccccc3c2)c2nc(-c3ccccc3)oc2COC(=O)c2ccccc2)cc1. The number of aryl methyl sites for hydroxylation is 1. The Morgan fingerprint density at radius 1 is 0.786 bits per heavy atom. The van der Waals surface area contributed by atoms with Gasteiger partial charge in [0, 0.05) is 5.56 Å². The minimum absolute atomic E-state index is 0.155. The van der Waals surface area contributed by atoms with Gasteiger partial charge in [-0.1, -0.05) is 90.5 Å². The van der Waals surface area contributed by atoms with E-state index in [9.17, 15) is 13.2 Å². The second kappa shape index (κ2) is 11.5. The Morgan fingerprint density at radius 2 is 1.43 bits per heavy atom. The number of rotatable bonds is 8. The Labute approximate surface area is 244 Å². The van der Waals surface area contributed by atoms with Crippen LogP contribution in [0.1, 0.15) is 38.2 Å². The summed E-state index contributed by atoms with van der Waals surface area (Å²) >= 11 is 0. The van der Waals surface area contributed by atoms with Crippen molar-refractivity contribution in [1.29, 1.82) is 0 Å². The smallest absolute Gasteiger partial charge is 0.338 e. The lowest BCUT2D eigenvalue weighted by Crippen LogP contribution is -2.18. The molecular weight excluding hydrogens is 546 g/mol. The molecule has 1 aromatic heterocycles. The zero-order valence-electron chi connectivity index (χ0n) is 22.8. The summed E-state index contributed by atoms with van der Waals surface area (Å²) in [6.07, 6.45) is 0. The van der Waals surface area contributed by atoms with Crippen molar-refractivity contribution < 1.29 is 22.4 Å². The maximum Gasteiger partial charge on any atom is 0.338 e. The lowest BCUT2D eigenvalue weighted by Gasteiger charge is -2.18. The number of oxazole rings is 1. The van der Waals surface area contributed by atoms with Crippen molar-refractivity contribution in [1.82, 2.24) is 4.98 Å². The lowest BCUT2D eigenvalue weighted by atomic mass is 10.0. The molecule has 0 aliphatic heterocycles. The molecule has 0 amide bonds. The highest BCUT2D eigenvalue weighted by molar-refractivity contribution is 7.91. The molecule has 1 unspecified atom stereocenters. The van der Waals surface area contributed by atoms with Crippen molar-refractivity contribution in [2.45, 2.75) is 23.7 Å². The van der Waals surface area contributed by atoms with E-state index in [-0.39, 0.29) is 28.8 Å². The normalized spacial score (nSPS) is 12.2. The maximum absolute atomic E-state index is 14.4. The highest BCUT2D eigenvalue weighted by Gasteiger charge is 2.37. The third-order valence-corrected chi connectivity index (χ3v) is 9.12. The molecule has 5 aromatic carbocycles. The molecule has 1 atom stereocenters. The van der Waals surface area contributed by atoms with Crippen LogP contribution in [-0.2, 0) is 21.2 Å². The first-order chi connectivity index (χ1) is 20.4. The fourth-order valence-corrected chi connectivity index (χ4v) is 6.65. The van der Waals surface area contributed by atoms with Crippen molar-refractivity contribution in [3.63, 3.8) is 0 Å². The highest BCUT2D eigenvalue weighted by Crippen LogP contribution is 2.39. The van der Waals surface area contributed by atoms with Crippen LogP contribution in [0, 0.1) is 6.92 Å². The molecule has 0 N–H and O–H groups in total. The van der Waals surface area contributed by atoms with Crippen LogP contribution in [0.3, 0.4) is 0 Å². The van der Waals surface area contributed by atoms with Crippen LogP contribution in [-0.4, -0.2) is 19.4 Å². The van der Waals surface area contributed by atoms with E-state index in [0.717, 1.165) is 16.3 Å². The number of hydrogen-bond donors (Lipinski definition) is 0. The van der Waals surface area contributed by atoms with Gasteiger partial charge in [-0.15, -0.1) is 0 Å². The summed E-state index contributed by atoms with van der Waals surface area (Å²) in [5, 5.41) is 0.647. The van der Waals surface area contributed by atoms with Gasteiger partial charge in [-0.05, 0) is 65.7 Å². The minimum Gasteiger partial charge on any atom is -0.454 e. The molecule has 7 heteroatoms. The number of aromatic nitrogens is 1. The van der Waals surface area contributed by atoms with E-state index in [1.165, 1.54) is 0 Å². The summed E-state index contributed by atoms with van der Waals surface area (Å²) in [5.41, 5.74) is 2.69. The number of fused-ring (bicyclic) bond motifs is 1. The first-order valence-electron chi connectivity index (χ1n) is 13.5. The number of hydrogen-bond acceptors (Lipinski definition) is 6. The number of benzene rings is 5. The van der Waals surface area contributed by atoms with Gasteiger partial charge < -0.3 is 9.15 Å². The molecule has 0 saturated carbocycles. The van der Waals surface area contributed by atoms with Crippen LogP contribution in [0.25, 0.3) is 22.2 Å². The third-order valence-electron chi connectivity index (χ3n) is 7.08. The summed E-state index contributed by atoms with van der Waals surface area (Å²) in [6, 6.07) is 37.9. The van der Waals surface area contributed by atoms with Gasteiger partial charge in [-0.25, -0.2) is 18.2 Å². The highest BCUT2D eigenvalue weighted by atomic mass is 32.2. The van der Waals surface area contributed by atoms with Gasteiger partial charge in [0.15, 0.2) is 22.2 Å². The number of ether oxygens (including phenoxy) is 1. The second-order valence-corrected chi connectivity index (χ2v) is 12.0. The van der Waals surface area contributed by atoms with Crippen LogP contribution in [0.4, 0.5) is 0 Å². The first-order valence-corrected chi connectivity index (χ1v) is 15.0. The summed E-state index contributed by atoms with van der Waals surface area (Å²) < 4.78 is 40.7. The van der Waals surface area contributed by atoms with E-state index in [0.29, 0.717) is 16.7 Å². The Bertz CT molecular complexity index is 1970. The molecule has 0 spiro atoms. The fraction of sp³-hybridized carbons (Fsp3) is 0.0857. The van der Waals surface area contributed by atoms with Crippen LogP contribution in [0.5, 0.6) is 0 Å². The zero-order valence-corrected chi connectivity index (χ0v) is 23.6. The van der Waals surface area contributed by atoms with Gasteiger partial charge in [-0.2, -0.15) is 0 Å². The molecule has 42 heavy (non-hydrogen) atoms. The van der Waals surface area contributed by atoms with Gasteiger partial charge in [0.2, 0.25) is 5.89 Å². The quantitative estimate of drug-likeness (QED) is 0.173. The number of carbonyl (C=O) groups is 1. The molecule has 0 fully saturated rings. The molecule has 6 rings (SSSR count). The third kappa shape index (κ3) is 5.47. The molecule has 208 valence electrons. The molecule has 0 aliphatic rings. The van der Waals surface area contributed by atoms with Gasteiger partial charge in [0.1, 0.15) is 10.9 Å². The molecule has 6 nitrogen and oxygen atoms in total. The number of nitrogens with zero attached hydrogens (tertiary/aromatic N) is 1. The maximum atomic E-state index is 14.4. The average molecular weight is 574 g/mol. The van der Waals surface area contributed by atoms with Crippen LogP contribution in [0.2, 0.25) is 0 Å². The summed E-state index contributed by atoms with van der Waals surface area (Å²) in [4.78, 5) is 17.8. The number of esters is 1. The molecule has 0 bridgehead atoms. The molecule has 6 aromatic rings. The van der Waals surface area contributed by atoms with Gasteiger partial charge >= 0.3 is 5.97 Å². The monoisotopic (exact) mass is 573 g/mol. The Kier molecular flexibility index (Phi) is 7.42. The Hall–Kier alpha value is -5.01. The number of sulfone groups is 1. The molecule has 0 radical (unpaired) electrons. The molecule has 0 saturated heterocycles. The average Bonchev–Trinajstić information content (AvgIpc) is 3.44. The number of carbonyl (C=O) groups excluding carboxylic acids is 1. The predicted molar refractivity (Wildman–Crippen MR) is 162 cm³/mol. The predicted octanol–water partition coefficient (Wildman–Crippen LogP) is 7.72. The van der Waals surface area contributed by atoms with Gasteiger partial charge in [-0.3, -0.25) is 0 Å². The Morgan fingerprint density at radius 3 is 2.14 bits per heavy atom.